The lowest BCUT2D eigenvalue weighted by Crippen LogP contribution is -2.22. The predicted octanol–water partition coefficient (Wildman–Crippen LogP) is 3.35. The molecule has 0 atom stereocenters. The van der Waals surface area contributed by atoms with Crippen LogP contribution >= 0.6 is 0 Å². The number of carboxylic acids is 1. The highest BCUT2D eigenvalue weighted by Crippen LogP contribution is 2.38. The number of rotatable bonds is 7. The van der Waals surface area contributed by atoms with Crippen molar-refractivity contribution >= 4 is 5.97 Å². The van der Waals surface area contributed by atoms with E-state index in [4.69, 9.17) is 9.47 Å². The highest BCUT2D eigenvalue weighted by Gasteiger charge is 2.22. The summed E-state index contributed by atoms with van der Waals surface area (Å²) in [6.07, 6.45) is 3.95. The lowest BCUT2D eigenvalue weighted by atomic mass is 9.96. The summed E-state index contributed by atoms with van der Waals surface area (Å²) < 4.78 is 13.5. The van der Waals surface area contributed by atoms with Crippen molar-refractivity contribution in [3.63, 3.8) is 0 Å². The Morgan fingerprint density at radius 3 is 2.38 bits per heavy atom. The van der Waals surface area contributed by atoms with Crippen LogP contribution < -0.4 is 14.9 Å². The molecular formula is C20H23NO5. The highest BCUT2D eigenvalue weighted by atomic mass is 16.5. The summed E-state index contributed by atoms with van der Waals surface area (Å²) in [6.45, 7) is 5.89. The van der Waals surface area contributed by atoms with Gasteiger partial charge in [-0.2, -0.15) is 0 Å². The fourth-order valence-electron chi connectivity index (χ4n) is 3.09. The van der Waals surface area contributed by atoms with Gasteiger partial charge in [0.25, 0.3) is 0 Å². The second-order valence-corrected chi connectivity index (χ2v) is 6.34. The zero-order chi connectivity index (χ0) is 18.7. The van der Waals surface area contributed by atoms with E-state index in [-0.39, 0.29) is 5.56 Å². The number of pyridine rings is 1. The molecule has 0 fully saturated rings. The van der Waals surface area contributed by atoms with Gasteiger partial charge in [0.15, 0.2) is 16.9 Å². The van der Waals surface area contributed by atoms with Crippen molar-refractivity contribution < 1.29 is 19.4 Å². The molecule has 26 heavy (non-hydrogen) atoms. The maximum Gasteiger partial charge on any atom is 0.341 e. The Bertz CT molecular complexity index is 885. The number of aryl methyl sites for hydroxylation is 2. The Morgan fingerprint density at radius 1 is 1.12 bits per heavy atom. The molecule has 3 rings (SSSR count). The zero-order valence-electron chi connectivity index (χ0n) is 15.1. The Hall–Kier alpha value is -2.76. The van der Waals surface area contributed by atoms with E-state index < -0.39 is 11.4 Å². The summed E-state index contributed by atoms with van der Waals surface area (Å²) in [5.74, 6) is 0.172. The van der Waals surface area contributed by atoms with Gasteiger partial charge in [0.2, 0.25) is 0 Å². The van der Waals surface area contributed by atoms with Crippen LogP contribution in [0, 0.1) is 0 Å². The molecule has 1 aliphatic heterocycles. The minimum absolute atomic E-state index is 0.206. The lowest BCUT2D eigenvalue weighted by Gasteiger charge is -2.24. The third-order valence-corrected chi connectivity index (χ3v) is 4.35. The van der Waals surface area contributed by atoms with Crippen LogP contribution in [-0.2, 0) is 13.0 Å². The van der Waals surface area contributed by atoms with Crippen molar-refractivity contribution in [2.75, 3.05) is 13.2 Å². The molecule has 1 aliphatic rings. The maximum absolute atomic E-state index is 12.2. The second-order valence-electron chi connectivity index (χ2n) is 6.34. The number of fused-ring (bicyclic) bond motifs is 3. The van der Waals surface area contributed by atoms with Crippen molar-refractivity contribution in [2.45, 2.75) is 39.7 Å². The molecule has 0 unspecified atom stereocenters. The minimum atomic E-state index is -1.20. The Kier molecular flexibility index (Phi) is 5.30. The van der Waals surface area contributed by atoms with Crippen LogP contribution in [0.5, 0.6) is 11.5 Å². The molecule has 2 heterocycles. The van der Waals surface area contributed by atoms with E-state index in [1.807, 2.05) is 30.5 Å². The van der Waals surface area contributed by atoms with Gasteiger partial charge in [-0.1, -0.05) is 13.8 Å². The summed E-state index contributed by atoms with van der Waals surface area (Å²) in [6, 6.07) is 5.29. The SMILES string of the molecule is CCCOc1cc2c(cc1OCCC)-c1cc(=O)c(C(=O)O)cn1CC2. The van der Waals surface area contributed by atoms with Crippen LogP contribution in [0.3, 0.4) is 0 Å². The number of nitrogens with zero attached hydrogens (tertiary/aromatic N) is 1. The van der Waals surface area contributed by atoms with Crippen LogP contribution in [0.15, 0.2) is 29.2 Å². The van der Waals surface area contributed by atoms with Crippen LogP contribution in [-0.4, -0.2) is 28.9 Å². The minimum Gasteiger partial charge on any atom is -0.490 e. The van der Waals surface area contributed by atoms with Gasteiger partial charge in [0.05, 0.1) is 18.9 Å². The molecule has 6 heteroatoms. The van der Waals surface area contributed by atoms with Gasteiger partial charge >= 0.3 is 5.97 Å². The van der Waals surface area contributed by atoms with Gasteiger partial charge in [-0.15, -0.1) is 0 Å². The first-order valence-corrected chi connectivity index (χ1v) is 8.95. The third kappa shape index (κ3) is 3.45. The van der Waals surface area contributed by atoms with Crippen LogP contribution in [0.25, 0.3) is 11.3 Å². The van der Waals surface area contributed by atoms with Crippen molar-refractivity contribution in [1.29, 1.82) is 0 Å². The maximum atomic E-state index is 12.2. The molecule has 1 N–H and O–H groups in total. The predicted molar refractivity (Wildman–Crippen MR) is 98.4 cm³/mol. The lowest BCUT2D eigenvalue weighted by molar-refractivity contribution is 0.0694. The average Bonchev–Trinajstić information content (AvgIpc) is 2.63. The van der Waals surface area contributed by atoms with Crippen LogP contribution in [0.4, 0.5) is 0 Å². The molecule has 2 aromatic rings. The van der Waals surface area contributed by atoms with Gasteiger partial charge in [0.1, 0.15) is 5.56 Å². The third-order valence-electron chi connectivity index (χ3n) is 4.35. The largest absolute Gasteiger partial charge is 0.490 e. The number of aromatic nitrogens is 1. The van der Waals surface area contributed by atoms with Crippen molar-refractivity contribution in [3.8, 4) is 22.8 Å². The second kappa shape index (κ2) is 7.64. The fourth-order valence-corrected chi connectivity index (χ4v) is 3.09. The van der Waals surface area contributed by atoms with E-state index in [1.165, 1.54) is 12.3 Å². The van der Waals surface area contributed by atoms with E-state index in [2.05, 4.69) is 0 Å². The van der Waals surface area contributed by atoms with E-state index in [1.54, 1.807) is 0 Å². The van der Waals surface area contributed by atoms with Gasteiger partial charge in [-0.3, -0.25) is 4.79 Å². The van der Waals surface area contributed by atoms with Gasteiger partial charge in [0, 0.05) is 24.4 Å². The van der Waals surface area contributed by atoms with Gasteiger partial charge in [-0.05, 0) is 37.0 Å². The number of hydrogen-bond donors (Lipinski definition) is 1. The summed E-state index contributed by atoms with van der Waals surface area (Å²) in [5.41, 5.74) is 1.98. The molecular weight excluding hydrogens is 334 g/mol. The molecule has 0 aliphatic carbocycles. The van der Waals surface area contributed by atoms with E-state index >= 15 is 0 Å². The quantitative estimate of drug-likeness (QED) is 0.822. The number of carboxylic acid groups (broad SMARTS) is 1. The average molecular weight is 357 g/mol. The van der Waals surface area contributed by atoms with E-state index in [0.717, 1.165) is 36.1 Å². The molecule has 0 amide bonds. The Balaban J connectivity index is 2.10. The smallest absolute Gasteiger partial charge is 0.341 e. The summed E-state index contributed by atoms with van der Waals surface area (Å²) in [5, 5.41) is 9.17. The van der Waals surface area contributed by atoms with E-state index in [0.29, 0.717) is 31.2 Å². The molecule has 0 saturated carbocycles. The number of aromatic carboxylic acids is 1. The number of hydrogen-bond acceptors (Lipinski definition) is 4. The summed E-state index contributed by atoms with van der Waals surface area (Å²) >= 11 is 0. The topological polar surface area (TPSA) is 77.8 Å². The molecule has 1 aromatic heterocycles. The molecule has 138 valence electrons. The van der Waals surface area contributed by atoms with Crippen molar-refractivity contribution in [2.24, 2.45) is 0 Å². The highest BCUT2D eigenvalue weighted by molar-refractivity contribution is 5.87. The molecule has 1 aromatic carbocycles. The fraction of sp³-hybridized carbons (Fsp3) is 0.400. The normalized spacial score (nSPS) is 12.2. The molecule has 0 spiro atoms. The number of benzene rings is 1. The molecule has 6 nitrogen and oxygen atoms in total. The Labute approximate surface area is 152 Å². The first kappa shape index (κ1) is 18.0. The molecule has 0 bridgehead atoms. The summed E-state index contributed by atoms with van der Waals surface area (Å²) in [7, 11) is 0. The number of carbonyl (C=O) groups is 1. The Morgan fingerprint density at radius 2 is 1.77 bits per heavy atom. The molecule has 0 saturated heterocycles. The number of ether oxygens (including phenoxy) is 2. The van der Waals surface area contributed by atoms with Crippen LogP contribution in [0.2, 0.25) is 0 Å². The van der Waals surface area contributed by atoms with Crippen molar-refractivity contribution in [1.82, 2.24) is 4.57 Å². The van der Waals surface area contributed by atoms with Crippen LogP contribution in [0.1, 0.15) is 42.6 Å². The van der Waals surface area contributed by atoms with E-state index in [9.17, 15) is 14.7 Å². The molecule has 0 radical (unpaired) electrons. The summed E-state index contributed by atoms with van der Waals surface area (Å²) in [4.78, 5) is 23.4. The van der Waals surface area contributed by atoms with Gasteiger partial charge < -0.3 is 19.1 Å². The monoisotopic (exact) mass is 357 g/mol. The zero-order valence-corrected chi connectivity index (χ0v) is 15.1. The van der Waals surface area contributed by atoms with Gasteiger partial charge in [-0.25, -0.2) is 4.79 Å². The van der Waals surface area contributed by atoms with Crippen molar-refractivity contribution in [3.05, 3.63) is 45.7 Å². The standard InChI is InChI=1S/C20H23NO5/c1-3-7-25-18-9-13-5-6-21-12-15(20(23)24)17(22)11-16(21)14(13)10-19(18)26-8-4-2/h9-12H,3-8H2,1-2H3,(H,23,24). The first-order valence-electron chi connectivity index (χ1n) is 8.95. The first-order chi connectivity index (χ1) is 12.5.